The highest BCUT2D eigenvalue weighted by Crippen LogP contribution is 2.22. The number of unbranched alkanes of at least 4 members (excludes halogenated alkanes) is 1. The lowest BCUT2D eigenvalue weighted by atomic mass is 9.85. The molecule has 0 aliphatic carbocycles. The molecule has 0 heterocycles. The third kappa shape index (κ3) is 6.05. The predicted octanol–water partition coefficient (Wildman–Crippen LogP) is 2.41. The van der Waals surface area contributed by atoms with E-state index in [0.29, 0.717) is 0 Å². The van der Waals surface area contributed by atoms with Gasteiger partial charge >= 0.3 is 0 Å². The van der Waals surface area contributed by atoms with Crippen LogP contribution in [0.1, 0.15) is 58.8 Å². The number of rotatable bonds is 8. The van der Waals surface area contributed by atoms with E-state index in [2.05, 4.69) is 13.8 Å². The van der Waals surface area contributed by atoms with E-state index in [-0.39, 0.29) is 5.54 Å². The standard InChI is InChI=1S/C11H26N2/c1-3-7-11(13,8-4-2)9-5-6-10-12/h3-10,12-13H2,1-2H3. The van der Waals surface area contributed by atoms with Crippen LogP contribution in [-0.4, -0.2) is 12.1 Å². The van der Waals surface area contributed by atoms with Crippen LogP contribution < -0.4 is 11.5 Å². The highest BCUT2D eigenvalue weighted by Gasteiger charge is 2.21. The summed E-state index contributed by atoms with van der Waals surface area (Å²) in [6.45, 7) is 5.22. The van der Waals surface area contributed by atoms with Crippen LogP contribution in [0.5, 0.6) is 0 Å². The minimum Gasteiger partial charge on any atom is -0.330 e. The van der Waals surface area contributed by atoms with Crippen LogP contribution in [0.15, 0.2) is 0 Å². The topological polar surface area (TPSA) is 52.0 Å². The lowest BCUT2D eigenvalue weighted by Crippen LogP contribution is -2.39. The minimum absolute atomic E-state index is 0.0959. The second-order valence-corrected chi connectivity index (χ2v) is 4.11. The molecule has 13 heavy (non-hydrogen) atoms. The lowest BCUT2D eigenvalue weighted by Gasteiger charge is -2.29. The highest BCUT2D eigenvalue weighted by molar-refractivity contribution is 4.82. The molecule has 0 rings (SSSR count). The first-order chi connectivity index (χ1) is 6.18. The Balaban J connectivity index is 3.76. The lowest BCUT2D eigenvalue weighted by molar-refractivity contribution is 0.323. The summed E-state index contributed by atoms with van der Waals surface area (Å²) in [6, 6.07) is 0. The van der Waals surface area contributed by atoms with Crippen molar-refractivity contribution in [1.29, 1.82) is 0 Å². The van der Waals surface area contributed by atoms with Gasteiger partial charge in [0.25, 0.3) is 0 Å². The molecule has 0 saturated heterocycles. The van der Waals surface area contributed by atoms with E-state index < -0.39 is 0 Å². The van der Waals surface area contributed by atoms with Crippen LogP contribution in [-0.2, 0) is 0 Å². The first-order valence-electron chi connectivity index (χ1n) is 5.67. The molecule has 0 amide bonds. The molecule has 0 aromatic rings. The van der Waals surface area contributed by atoms with Crippen LogP contribution in [0.2, 0.25) is 0 Å². The van der Waals surface area contributed by atoms with Gasteiger partial charge in [-0.3, -0.25) is 0 Å². The molecular formula is C11H26N2. The van der Waals surface area contributed by atoms with Gasteiger partial charge in [0.05, 0.1) is 0 Å². The van der Waals surface area contributed by atoms with E-state index >= 15 is 0 Å². The Kier molecular flexibility index (Phi) is 7.29. The van der Waals surface area contributed by atoms with Crippen LogP contribution in [0.25, 0.3) is 0 Å². The largest absolute Gasteiger partial charge is 0.330 e. The molecule has 0 aliphatic rings. The zero-order valence-corrected chi connectivity index (χ0v) is 9.31. The Bertz CT molecular complexity index is 107. The van der Waals surface area contributed by atoms with Gasteiger partial charge in [0, 0.05) is 5.54 Å². The summed E-state index contributed by atoms with van der Waals surface area (Å²) in [4.78, 5) is 0. The molecular weight excluding hydrogens is 160 g/mol. The molecule has 0 aromatic carbocycles. The number of hydrogen-bond acceptors (Lipinski definition) is 2. The molecule has 0 unspecified atom stereocenters. The fourth-order valence-corrected chi connectivity index (χ4v) is 1.99. The Morgan fingerprint density at radius 3 is 1.85 bits per heavy atom. The second kappa shape index (κ2) is 7.34. The Morgan fingerprint density at radius 2 is 1.46 bits per heavy atom. The smallest absolute Gasteiger partial charge is 0.0154 e. The van der Waals surface area contributed by atoms with Crippen molar-refractivity contribution >= 4 is 0 Å². The summed E-state index contributed by atoms with van der Waals surface area (Å²) in [6.07, 6.45) is 8.15. The second-order valence-electron chi connectivity index (χ2n) is 4.11. The summed E-state index contributed by atoms with van der Waals surface area (Å²) in [7, 11) is 0. The summed E-state index contributed by atoms with van der Waals surface area (Å²) in [5.74, 6) is 0. The first-order valence-corrected chi connectivity index (χ1v) is 5.67. The third-order valence-corrected chi connectivity index (χ3v) is 2.62. The molecule has 0 bridgehead atoms. The van der Waals surface area contributed by atoms with Gasteiger partial charge < -0.3 is 11.5 Å². The van der Waals surface area contributed by atoms with Gasteiger partial charge in [0.15, 0.2) is 0 Å². The van der Waals surface area contributed by atoms with Crippen molar-refractivity contribution < 1.29 is 0 Å². The van der Waals surface area contributed by atoms with Crippen molar-refractivity contribution in [3.05, 3.63) is 0 Å². The summed E-state index contributed by atoms with van der Waals surface area (Å²) < 4.78 is 0. The van der Waals surface area contributed by atoms with Gasteiger partial charge in [-0.25, -0.2) is 0 Å². The monoisotopic (exact) mass is 186 g/mol. The molecule has 0 saturated carbocycles. The van der Waals surface area contributed by atoms with Gasteiger partial charge in [0.1, 0.15) is 0 Å². The fourth-order valence-electron chi connectivity index (χ4n) is 1.99. The van der Waals surface area contributed by atoms with Gasteiger partial charge in [-0.1, -0.05) is 33.1 Å². The zero-order valence-electron chi connectivity index (χ0n) is 9.31. The van der Waals surface area contributed by atoms with Crippen LogP contribution in [0, 0.1) is 0 Å². The van der Waals surface area contributed by atoms with Crippen LogP contribution >= 0.6 is 0 Å². The maximum absolute atomic E-state index is 6.32. The van der Waals surface area contributed by atoms with Crippen molar-refractivity contribution in [2.75, 3.05) is 6.54 Å². The number of nitrogens with two attached hydrogens (primary N) is 2. The van der Waals surface area contributed by atoms with E-state index in [1.54, 1.807) is 0 Å². The summed E-state index contributed by atoms with van der Waals surface area (Å²) >= 11 is 0. The zero-order chi connectivity index (χ0) is 10.2. The van der Waals surface area contributed by atoms with Crippen molar-refractivity contribution in [1.82, 2.24) is 0 Å². The first kappa shape index (κ1) is 12.9. The Labute approximate surface area is 83.1 Å². The molecule has 0 spiro atoms. The Hall–Kier alpha value is -0.0800. The molecule has 0 atom stereocenters. The summed E-state index contributed by atoms with van der Waals surface area (Å²) in [5.41, 5.74) is 11.9. The normalized spacial score (nSPS) is 12.0. The van der Waals surface area contributed by atoms with Crippen LogP contribution in [0.3, 0.4) is 0 Å². The SMILES string of the molecule is CCCC(N)(CCC)CCCCN. The highest BCUT2D eigenvalue weighted by atomic mass is 14.7. The fraction of sp³-hybridized carbons (Fsp3) is 1.00. The summed E-state index contributed by atoms with van der Waals surface area (Å²) in [5, 5.41) is 0. The van der Waals surface area contributed by atoms with Crippen molar-refractivity contribution in [3.8, 4) is 0 Å². The molecule has 0 aromatic heterocycles. The molecule has 0 radical (unpaired) electrons. The van der Waals surface area contributed by atoms with E-state index in [1.165, 1.54) is 19.3 Å². The van der Waals surface area contributed by atoms with Gasteiger partial charge in [-0.15, -0.1) is 0 Å². The van der Waals surface area contributed by atoms with Gasteiger partial charge in [-0.05, 0) is 32.2 Å². The average Bonchev–Trinajstić information content (AvgIpc) is 2.05. The number of hydrogen-bond donors (Lipinski definition) is 2. The van der Waals surface area contributed by atoms with E-state index in [4.69, 9.17) is 11.5 Å². The Morgan fingerprint density at radius 1 is 0.923 bits per heavy atom. The average molecular weight is 186 g/mol. The quantitative estimate of drug-likeness (QED) is 0.572. The van der Waals surface area contributed by atoms with E-state index in [9.17, 15) is 0 Å². The van der Waals surface area contributed by atoms with Crippen molar-refractivity contribution in [3.63, 3.8) is 0 Å². The molecule has 2 heteroatoms. The third-order valence-electron chi connectivity index (χ3n) is 2.62. The maximum Gasteiger partial charge on any atom is 0.0154 e. The van der Waals surface area contributed by atoms with E-state index in [1.807, 2.05) is 0 Å². The predicted molar refractivity (Wildman–Crippen MR) is 59.6 cm³/mol. The van der Waals surface area contributed by atoms with E-state index in [0.717, 1.165) is 32.2 Å². The molecule has 2 nitrogen and oxygen atoms in total. The van der Waals surface area contributed by atoms with Crippen molar-refractivity contribution in [2.45, 2.75) is 64.3 Å². The maximum atomic E-state index is 6.32. The van der Waals surface area contributed by atoms with Crippen molar-refractivity contribution in [2.24, 2.45) is 11.5 Å². The van der Waals surface area contributed by atoms with Gasteiger partial charge in [-0.2, -0.15) is 0 Å². The molecule has 0 fully saturated rings. The molecule has 4 N–H and O–H groups in total. The molecule has 0 aliphatic heterocycles. The van der Waals surface area contributed by atoms with Gasteiger partial charge in [0.2, 0.25) is 0 Å². The molecule has 80 valence electrons. The minimum atomic E-state index is 0.0959. The van der Waals surface area contributed by atoms with Crippen LogP contribution in [0.4, 0.5) is 0 Å².